The van der Waals surface area contributed by atoms with E-state index >= 15 is 0 Å². The predicted octanol–water partition coefficient (Wildman–Crippen LogP) is 3.13. The van der Waals surface area contributed by atoms with Crippen molar-refractivity contribution in [1.29, 1.82) is 0 Å². The van der Waals surface area contributed by atoms with Gasteiger partial charge in [0.25, 0.3) is 0 Å². The molecule has 3 N–H and O–H groups in total. The minimum atomic E-state index is -0.238. The van der Waals surface area contributed by atoms with Gasteiger partial charge in [-0.2, -0.15) is 5.10 Å². The molecule has 146 valence electrons. The van der Waals surface area contributed by atoms with Crippen molar-refractivity contribution in [2.45, 2.75) is 27.7 Å². The third-order valence-corrected chi connectivity index (χ3v) is 4.07. The zero-order valence-electron chi connectivity index (χ0n) is 16.6. The summed E-state index contributed by atoms with van der Waals surface area (Å²) in [6.07, 6.45) is 0. The second-order valence-electron chi connectivity index (χ2n) is 6.80. The summed E-state index contributed by atoms with van der Waals surface area (Å²) in [5, 5.41) is 21.5. The molecule has 0 saturated carbocycles. The Morgan fingerprint density at radius 3 is 2.32 bits per heavy atom. The van der Waals surface area contributed by atoms with Crippen LogP contribution in [0.5, 0.6) is 0 Å². The van der Waals surface area contributed by atoms with Crippen LogP contribution in [0.1, 0.15) is 22.5 Å². The molecule has 3 rings (SSSR count). The minimum absolute atomic E-state index is 0.238. The van der Waals surface area contributed by atoms with E-state index in [1.165, 1.54) is 0 Å². The normalized spacial score (nSPS) is 10.6. The largest absolute Gasteiger partial charge is 0.367 e. The zero-order valence-corrected chi connectivity index (χ0v) is 16.6. The van der Waals surface area contributed by atoms with Crippen LogP contribution < -0.4 is 16.0 Å². The number of nitrogens with one attached hydrogen (secondary N) is 3. The van der Waals surface area contributed by atoms with Crippen LogP contribution in [0.2, 0.25) is 0 Å². The lowest BCUT2D eigenvalue weighted by Crippen LogP contribution is -2.32. The fourth-order valence-electron chi connectivity index (χ4n) is 2.98. The Labute approximate surface area is 164 Å². The molecule has 0 atom stereocenters. The Bertz CT molecular complexity index is 943. The van der Waals surface area contributed by atoms with Gasteiger partial charge in [-0.3, -0.25) is 0 Å². The lowest BCUT2D eigenvalue weighted by molar-refractivity contribution is 0.252. The maximum Gasteiger partial charge on any atom is 0.319 e. The number of aromatic nitrogens is 4. The molecule has 2 heterocycles. The smallest absolute Gasteiger partial charge is 0.319 e. The van der Waals surface area contributed by atoms with E-state index in [2.05, 4.69) is 37.3 Å². The van der Waals surface area contributed by atoms with Gasteiger partial charge >= 0.3 is 6.03 Å². The van der Waals surface area contributed by atoms with Gasteiger partial charge in [0.05, 0.1) is 5.69 Å². The third kappa shape index (κ3) is 5.06. The van der Waals surface area contributed by atoms with E-state index in [0.717, 1.165) is 28.2 Å². The first-order valence-electron chi connectivity index (χ1n) is 9.15. The average Bonchev–Trinajstić information content (AvgIpc) is 2.96. The summed E-state index contributed by atoms with van der Waals surface area (Å²) in [7, 11) is 0. The van der Waals surface area contributed by atoms with Gasteiger partial charge in [0.1, 0.15) is 5.82 Å². The summed E-state index contributed by atoms with van der Waals surface area (Å²) in [6.45, 7) is 8.91. The molecule has 0 spiro atoms. The predicted molar refractivity (Wildman–Crippen MR) is 110 cm³/mol. The Morgan fingerprint density at radius 1 is 0.964 bits per heavy atom. The fraction of sp³-hybridized carbons (Fsp3) is 0.300. The quantitative estimate of drug-likeness (QED) is 0.572. The van der Waals surface area contributed by atoms with Crippen molar-refractivity contribution < 1.29 is 4.79 Å². The van der Waals surface area contributed by atoms with Crippen LogP contribution >= 0.6 is 0 Å². The molecule has 0 aliphatic heterocycles. The summed E-state index contributed by atoms with van der Waals surface area (Å²) < 4.78 is 1.75. The lowest BCUT2D eigenvalue weighted by Gasteiger charge is -2.10. The number of aryl methyl sites for hydroxylation is 4. The summed E-state index contributed by atoms with van der Waals surface area (Å²) in [6, 6.07) is 11.4. The highest BCUT2D eigenvalue weighted by Gasteiger charge is 2.06. The van der Waals surface area contributed by atoms with E-state index in [-0.39, 0.29) is 6.03 Å². The number of amides is 2. The van der Waals surface area contributed by atoms with Crippen molar-refractivity contribution >= 4 is 17.5 Å². The van der Waals surface area contributed by atoms with E-state index in [4.69, 9.17) is 0 Å². The fourth-order valence-corrected chi connectivity index (χ4v) is 2.98. The number of carbonyl (C=O) groups excluding carboxylic acids is 1. The van der Waals surface area contributed by atoms with E-state index in [1.807, 2.05) is 58.0 Å². The molecule has 2 amide bonds. The third-order valence-electron chi connectivity index (χ3n) is 4.07. The maximum atomic E-state index is 12.0. The van der Waals surface area contributed by atoms with Crippen molar-refractivity contribution in [2.24, 2.45) is 0 Å². The van der Waals surface area contributed by atoms with E-state index < -0.39 is 0 Å². The topological polar surface area (TPSA) is 96.8 Å². The monoisotopic (exact) mass is 379 g/mol. The molecule has 1 aromatic carbocycles. The van der Waals surface area contributed by atoms with Crippen molar-refractivity contribution in [2.75, 3.05) is 23.7 Å². The minimum Gasteiger partial charge on any atom is -0.367 e. The van der Waals surface area contributed by atoms with Crippen LogP contribution in [0.3, 0.4) is 0 Å². The Morgan fingerprint density at radius 2 is 1.71 bits per heavy atom. The SMILES string of the molecule is Cc1cc(C)cc(NC(=O)NCCNc2ccc(-n3nc(C)cc3C)nn2)c1. The molecule has 3 aromatic rings. The molecular weight excluding hydrogens is 354 g/mol. The van der Waals surface area contributed by atoms with Crippen LogP contribution in [0.4, 0.5) is 16.3 Å². The van der Waals surface area contributed by atoms with Gasteiger partial charge in [0.2, 0.25) is 0 Å². The number of carbonyl (C=O) groups is 1. The molecule has 0 unspecified atom stereocenters. The number of hydrogen-bond acceptors (Lipinski definition) is 5. The van der Waals surface area contributed by atoms with Gasteiger partial charge in [-0.05, 0) is 69.2 Å². The van der Waals surface area contributed by atoms with Crippen LogP contribution in [-0.4, -0.2) is 39.1 Å². The first-order valence-corrected chi connectivity index (χ1v) is 9.15. The highest BCUT2D eigenvalue weighted by Crippen LogP contribution is 2.13. The summed E-state index contributed by atoms with van der Waals surface area (Å²) in [5.41, 5.74) is 4.95. The van der Waals surface area contributed by atoms with Gasteiger partial charge < -0.3 is 16.0 Å². The molecule has 0 fully saturated rings. The van der Waals surface area contributed by atoms with Gasteiger partial charge in [-0.15, -0.1) is 10.2 Å². The Kier molecular flexibility index (Phi) is 5.88. The molecule has 2 aromatic heterocycles. The summed E-state index contributed by atoms with van der Waals surface area (Å²) >= 11 is 0. The van der Waals surface area contributed by atoms with Gasteiger partial charge in [-0.1, -0.05) is 6.07 Å². The summed E-state index contributed by atoms with van der Waals surface area (Å²) in [5.74, 6) is 1.31. The Hall–Kier alpha value is -3.42. The Balaban J connectivity index is 1.45. The van der Waals surface area contributed by atoms with Gasteiger partial charge in [0, 0.05) is 24.5 Å². The number of hydrogen-bond donors (Lipinski definition) is 3. The van der Waals surface area contributed by atoms with Gasteiger partial charge in [-0.25, -0.2) is 9.48 Å². The van der Waals surface area contributed by atoms with Crippen LogP contribution in [-0.2, 0) is 0 Å². The number of rotatable bonds is 6. The van der Waals surface area contributed by atoms with E-state index in [0.29, 0.717) is 24.7 Å². The molecule has 0 saturated heterocycles. The number of urea groups is 1. The number of benzene rings is 1. The zero-order chi connectivity index (χ0) is 20.1. The first-order chi connectivity index (χ1) is 13.4. The van der Waals surface area contributed by atoms with Crippen LogP contribution in [0.25, 0.3) is 5.82 Å². The van der Waals surface area contributed by atoms with E-state index in [1.54, 1.807) is 4.68 Å². The molecule has 28 heavy (non-hydrogen) atoms. The second-order valence-corrected chi connectivity index (χ2v) is 6.80. The van der Waals surface area contributed by atoms with Crippen molar-refractivity contribution in [1.82, 2.24) is 25.3 Å². The highest BCUT2D eigenvalue weighted by molar-refractivity contribution is 5.89. The number of nitrogens with zero attached hydrogens (tertiary/aromatic N) is 4. The molecular formula is C20H25N7O. The molecule has 8 heteroatoms. The summed E-state index contributed by atoms with van der Waals surface area (Å²) in [4.78, 5) is 12.0. The second kappa shape index (κ2) is 8.51. The lowest BCUT2D eigenvalue weighted by atomic mass is 10.1. The van der Waals surface area contributed by atoms with Crippen molar-refractivity contribution in [3.05, 3.63) is 58.9 Å². The molecule has 8 nitrogen and oxygen atoms in total. The van der Waals surface area contributed by atoms with Crippen molar-refractivity contribution in [3.8, 4) is 5.82 Å². The molecule has 0 bridgehead atoms. The molecule has 0 aliphatic carbocycles. The number of anilines is 2. The van der Waals surface area contributed by atoms with E-state index in [9.17, 15) is 4.79 Å². The van der Waals surface area contributed by atoms with Gasteiger partial charge in [0.15, 0.2) is 5.82 Å². The van der Waals surface area contributed by atoms with Crippen LogP contribution in [0, 0.1) is 27.7 Å². The molecule has 0 radical (unpaired) electrons. The standard InChI is InChI=1S/C20H25N7O/c1-13-9-14(2)11-17(10-13)23-20(28)22-8-7-21-18-5-6-19(25-24-18)27-16(4)12-15(3)26-27/h5-6,9-12H,7-8H2,1-4H3,(H,21,24)(H2,22,23,28). The van der Waals surface area contributed by atoms with Crippen molar-refractivity contribution in [3.63, 3.8) is 0 Å². The first kappa shape index (κ1) is 19.3. The van der Waals surface area contributed by atoms with Crippen LogP contribution in [0.15, 0.2) is 36.4 Å². The molecule has 0 aliphatic rings. The maximum absolute atomic E-state index is 12.0. The highest BCUT2D eigenvalue weighted by atomic mass is 16.2. The average molecular weight is 379 g/mol.